The first kappa shape index (κ1) is 16.6. The van der Waals surface area contributed by atoms with Gasteiger partial charge in [0.15, 0.2) is 5.65 Å². The number of urea groups is 1. The minimum Gasteiger partial charge on any atom is -0.308 e. The smallest absolute Gasteiger partial charge is 0.308 e. The number of hydrogen-bond donors (Lipinski definition) is 2. The Morgan fingerprint density at radius 2 is 1.89 bits per heavy atom. The van der Waals surface area contributed by atoms with Crippen LogP contribution in [-0.2, 0) is 0 Å². The molecule has 0 radical (unpaired) electrons. The highest BCUT2D eigenvalue weighted by atomic mass is 19.1. The monoisotopic (exact) mass is 366 g/mol. The van der Waals surface area contributed by atoms with Crippen LogP contribution in [0.15, 0.2) is 60.9 Å². The molecule has 2 N–H and O–H groups in total. The summed E-state index contributed by atoms with van der Waals surface area (Å²) in [5.41, 5.74) is 2.41. The molecule has 2 aromatic heterocycles. The second-order valence-electron chi connectivity index (χ2n) is 5.64. The molecule has 7 nitrogen and oxygen atoms in total. The summed E-state index contributed by atoms with van der Waals surface area (Å²) in [6.07, 6.45) is 1.49. The molecular weight excluding hydrogens is 354 g/mol. The van der Waals surface area contributed by atoms with Gasteiger partial charge in [0, 0.05) is 17.3 Å². The van der Waals surface area contributed by atoms with Crippen molar-refractivity contribution in [3.63, 3.8) is 0 Å². The van der Waals surface area contributed by atoms with Gasteiger partial charge in [-0.3, -0.25) is 0 Å². The van der Waals surface area contributed by atoms with E-state index in [2.05, 4.69) is 25.9 Å². The number of rotatable bonds is 3. The van der Waals surface area contributed by atoms with Crippen molar-refractivity contribution in [3.8, 4) is 11.3 Å². The van der Waals surface area contributed by atoms with Crippen LogP contribution < -0.4 is 10.6 Å². The Morgan fingerprint density at radius 1 is 1.00 bits per heavy atom. The average Bonchev–Trinajstić information content (AvgIpc) is 3.12. The third kappa shape index (κ3) is 3.56. The number of carbonyl (C=O) groups is 1. The van der Waals surface area contributed by atoms with Crippen molar-refractivity contribution in [2.24, 2.45) is 0 Å². The van der Waals surface area contributed by atoms with E-state index < -0.39 is 17.7 Å². The molecule has 4 rings (SSSR count). The summed E-state index contributed by atoms with van der Waals surface area (Å²) in [4.78, 5) is 12.1. The average molecular weight is 366 g/mol. The summed E-state index contributed by atoms with van der Waals surface area (Å²) < 4.78 is 28.1. The van der Waals surface area contributed by atoms with E-state index in [1.54, 1.807) is 34.8 Å². The van der Waals surface area contributed by atoms with E-state index in [1.807, 2.05) is 6.07 Å². The van der Waals surface area contributed by atoms with Gasteiger partial charge in [0.05, 0.1) is 11.4 Å². The Morgan fingerprint density at radius 3 is 2.74 bits per heavy atom. The van der Waals surface area contributed by atoms with Crippen LogP contribution in [-0.4, -0.2) is 25.8 Å². The fourth-order valence-corrected chi connectivity index (χ4v) is 2.51. The van der Waals surface area contributed by atoms with Crippen LogP contribution in [0.25, 0.3) is 16.9 Å². The van der Waals surface area contributed by atoms with Gasteiger partial charge < -0.3 is 10.6 Å². The van der Waals surface area contributed by atoms with Crippen molar-refractivity contribution in [2.45, 2.75) is 0 Å². The predicted octanol–water partition coefficient (Wildman–Crippen LogP) is 3.71. The molecule has 0 saturated carbocycles. The largest absolute Gasteiger partial charge is 0.323 e. The molecule has 134 valence electrons. The normalized spacial score (nSPS) is 10.7. The maximum Gasteiger partial charge on any atom is 0.323 e. The van der Waals surface area contributed by atoms with Gasteiger partial charge in [-0.15, -0.1) is 10.2 Å². The standard InChI is InChI=1S/C18H12F2N6O/c19-12-4-5-16(14(20)9-12)23-18(27)22-13-3-1-2-11(8-13)15-6-7-17-24-21-10-26(17)25-15/h1-10H,(H2,22,23,27). The maximum atomic E-state index is 13.6. The van der Waals surface area contributed by atoms with Gasteiger partial charge in [-0.1, -0.05) is 12.1 Å². The van der Waals surface area contributed by atoms with E-state index >= 15 is 0 Å². The molecule has 0 saturated heterocycles. The molecule has 0 unspecified atom stereocenters. The summed E-state index contributed by atoms with van der Waals surface area (Å²) in [5.74, 6) is -1.57. The number of anilines is 2. The van der Waals surface area contributed by atoms with Crippen molar-refractivity contribution < 1.29 is 13.6 Å². The molecular formula is C18H12F2N6O. The number of benzene rings is 2. The third-order valence-electron chi connectivity index (χ3n) is 3.76. The van der Waals surface area contributed by atoms with E-state index in [4.69, 9.17) is 0 Å². The van der Waals surface area contributed by atoms with E-state index in [0.717, 1.165) is 17.7 Å². The number of amides is 2. The van der Waals surface area contributed by atoms with Gasteiger partial charge in [-0.2, -0.15) is 9.61 Å². The number of aromatic nitrogens is 4. The second-order valence-corrected chi connectivity index (χ2v) is 5.64. The van der Waals surface area contributed by atoms with Crippen LogP contribution in [0, 0.1) is 11.6 Å². The Labute approximate surface area is 151 Å². The Bertz CT molecular complexity index is 1140. The minimum atomic E-state index is -0.856. The molecule has 9 heteroatoms. The molecule has 0 aliphatic rings. The molecule has 0 fully saturated rings. The number of hydrogen-bond acceptors (Lipinski definition) is 4. The molecule has 0 aliphatic heterocycles. The Kier molecular flexibility index (Phi) is 4.17. The number of nitrogens with one attached hydrogen (secondary N) is 2. The third-order valence-corrected chi connectivity index (χ3v) is 3.76. The lowest BCUT2D eigenvalue weighted by atomic mass is 10.1. The summed E-state index contributed by atoms with van der Waals surface area (Å²) >= 11 is 0. The van der Waals surface area contributed by atoms with Crippen LogP contribution in [0.1, 0.15) is 0 Å². The van der Waals surface area contributed by atoms with Gasteiger partial charge in [-0.05, 0) is 36.4 Å². The summed E-state index contributed by atoms with van der Waals surface area (Å²) in [6, 6.07) is 12.8. The zero-order valence-corrected chi connectivity index (χ0v) is 13.7. The molecule has 0 aliphatic carbocycles. The highest BCUT2D eigenvalue weighted by Crippen LogP contribution is 2.21. The van der Waals surface area contributed by atoms with Gasteiger partial charge in [0.1, 0.15) is 18.0 Å². The van der Waals surface area contributed by atoms with E-state index in [1.165, 1.54) is 6.33 Å². The molecule has 4 aromatic rings. The lowest BCUT2D eigenvalue weighted by Crippen LogP contribution is -2.20. The van der Waals surface area contributed by atoms with Gasteiger partial charge in [0.25, 0.3) is 0 Å². The lowest BCUT2D eigenvalue weighted by molar-refractivity contribution is 0.262. The zero-order valence-electron chi connectivity index (χ0n) is 13.7. The van der Waals surface area contributed by atoms with Crippen molar-refractivity contribution in [1.29, 1.82) is 0 Å². The Balaban J connectivity index is 1.52. The highest BCUT2D eigenvalue weighted by molar-refractivity contribution is 6.00. The molecule has 27 heavy (non-hydrogen) atoms. The quantitative estimate of drug-likeness (QED) is 0.579. The Hall–Kier alpha value is -3.88. The van der Waals surface area contributed by atoms with Crippen LogP contribution in [0.5, 0.6) is 0 Å². The molecule has 2 aromatic carbocycles. The topological polar surface area (TPSA) is 84.2 Å². The number of halogens is 2. The second kappa shape index (κ2) is 6.79. The van der Waals surface area contributed by atoms with Crippen molar-refractivity contribution in [3.05, 3.63) is 72.6 Å². The first-order valence-electron chi connectivity index (χ1n) is 7.89. The SMILES string of the molecule is O=C(Nc1cccc(-c2ccc3nncn3n2)c1)Nc1ccc(F)cc1F. The van der Waals surface area contributed by atoms with E-state index in [9.17, 15) is 13.6 Å². The van der Waals surface area contributed by atoms with Crippen LogP contribution in [0.3, 0.4) is 0 Å². The molecule has 0 spiro atoms. The van der Waals surface area contributed by atoms with Crippen LogP contribution in [0.2, 0.25) is 0 Å². The summed E-state index contributed by atoms with van der Waals surface area (Å²) in [7, 11) is 0. The predicted molar refractivity (Wildman–Crippen MR) is 95.2 cm³/mol. The van der Waals surface area contributed by atoms with Crippen molar-refractivity contribution in [2.75, 3.05) is 10.6 Å². The maximum absolute atomic E-state index is 13.6. The molecule has 0 atom stereocenters. The molecule has 2 heterocycles. The first-order chi connectivity index (χ1) is 13.1. The minimum absolute atomic E-state index is 0.121. The zero-order chi connectivity index (χ0) is 18.8. The van der Waals surface area contributed by atoms with Crippen molar-refractivity contribution in [1.82, 2.24) is 19.8 Å². The number of fused-ring (bicyclic) bond motifs is 1. The summed E-state index contributed by atoms with van der Waals surface area (Å²) in [5, 5.41) is 17.0. The number of nitrogens with zero attached hydrogens (tertiary/aromatic N) is 4. The molecule has 0 bridgehead atoms. The van der Waals surface area contributed by atoms with Gasteiger partial charge >= 0.3 is 6.03 Å². The first-order valence-corrected chi connectivity index (χ1v) is 7.89. The molecule has 2 amide bonds. The number of carbonyl (C=O) groups excluding carboxylic acids is 1. The van der Waals surface area contributed by atoms with E-state index in [0.29, 0.717) is 23.1 Å². The van der Waals surface area contributed by atoms with Gasteiger partial charge in [0.2, 0.25) is 0 Å². The highest BCUT2D eigenvalue weighted by Gasteiger charge is 2.09. The van der Waals surface area contributed by atoms with Crippen LogP contribution in [0.4, 0.5) is 25.0 Å². The fourth-order valence-electron chi connectivity index (χ4n) is 2.51. The fraction of sp³-hybridized carbons (Fsp3) is 0. The van der Waals surface area contributed by atoms with Gasteiger partial charge in [-0.25, -0.2) is 13.6 Å². The lowest BCUT2D eigenvalue weighted by Gasteiger charge is -2.10. The van der Waals surface area contributed by atoms with Crippen LogP contribution >= 0.6 is 0 Å². The van der Waals surface area contributed by atoms with Crippen molar-refractivity contribution >= 4 is 23.1 Å². The summed E-state index contributed by atoms with van der Waals surface area (Å²) in [6.45, 7) is 0. The van der Waals surface area contributed by atoms with E-state index in [-0.39, 0.29) is 5.69 Å².